The highest BCUT2D eigenvalue weighted by Crippen LogP contribution is 2.31. The number of benzene rings is 1. The number of halogens is 2. The van der Waals surface area contributed by atoms with Gasteiger partial charge in [0.05, 0.1) is 4.92 Å². The molecule has 17 heavy (non-hydrogen) atoms. The van der Waals surface area contributed by atoms with Crippen molar-refractivity contribution in [2.75, 3.05) is 5.32 Å². The lowest BCUT2D eigenvalue weighted by Gasteiger charge is -2.14. The van der Waals surface area contributed by atoms with E-state index in [0.717, 1.165) is 12.1 Å². The van der Waals surface area contributed by atoms with Crippen molar-refractivity contribution in [2.45, 2.75) is 18.9 Å². The van der Waals surface area contributed by atoms with Gasteiger partial charge in [0.15, 0.2) is 17.3 Å². The summed E-state index contributed by atoms with van der Waals surface area (Å²) >= 11 is 0. The lowest BCUT2D eigenvalue weighted by molar-refractivity contribution is -0.384. The number of hydrogen-bond acceptors (Lipinski definition) is 3. The predicted molar refractivity (Wildman–Crippen MR) is 58.8 cm³/mol. The number of nitrogens with zero attached hydrogens (tertiary/aromatic N) is 1. The summed E-state index contributed by atoms with van der Waals surface area (Å²) in [7, 11) is 0. The first kappa shape index (κ1) is 11.5. The van der Waals surface area contributed by atoms with E-state index in [1.54, 1.807) is 0 Å². The third-order valence-corrected chi connectivity index (χ3v) is 2.63. The third-order valence-electron chi connectivity index (χ3n) is 2.63. The minimum absolute atomic E-state index is 0.120. The van der Waals surface area contributed by atoms with E-state index in [1.165, 1.54) is 0 Å². The van der Waals surface area contributed by atoms with Crippen LogP contribution in [-0.4, -0.2) is 11.0 Å². The molecule has 0 aliphatic heterocycles. The van der Waals surface area contributed by atoms with Crippen LogP contribution in [-0.2, 0) is 0 Å². The Kier molecular flexibility index (Phi) is 3.03. The Hall–Kier alpha value is -1.98. The van der Waals surface area contributed by atoms with E-state index in [-0.39, 0.29) is 11.7 Å². The fourth-order valence-corrected chi connectivity index (χ4v) is 1.77. The van der Waals surface area contributed by atoms with Crippen LogP contribution in [0.5, 0.6) is 0 Å². The molecule has 0 fully saturated rings. The van der Waals surface area contributed by atoms with Gasteiger partial charge in [0.2, 0.25) is 0 Å². The molecule has 0 atom stereocenters. The summed E-state index contributed by atoms with van der Waals surface area (Å²) in [5.74, 6) is -2.30. The van der Waals surface area contributed by atoms with Gasteiger partial charge in [0.1, 0.15) is 0 Å². The highest BCUT2D eigenvalue weighted by Gasteiger charge is 2.24. The number of hydrogen-bond donors (Lipinski definition) is 1. The van der Waals surface area contributed by atoms with Gasteiger partial charge in [-0.15, -0.1) is 0 Å². The van der Waals surface area contributed by atoms with E-state index in [0.29, 0.717) is 12.8 Å². The Bertz CT molecular complexity index is 481. The molecule has 0 spiro atoms. The van der Waals surface area contributed by atoms with Crippen LogP contribution in [0, 0.1) is 21.7 Å². The molecule has 2 rings (SSSR count). The number of nitro groups is 1. The second-order valence-corrected chi connectivity index (χ2v) is 3.80. The molecule has 1 aromatic rings. The lowest BCUT2D eigenvalue weighted by atomic mass is 10.2. The van der Waals surface area contributed by atoms with Crippen LogP contribution in [0.25, 0.3) is 0 Å². The fourth-order valence-electron chi connectivity index (χ4n) is 1.77. The number of nitrogens with one attached hydrogen (secondary N) is 1. The first-order chi connectivity index (χ1) is 8.09. The maximum atomic E-state index is 13.5. The van der Waals surface area contributed by atoms with Crippen LogP contribution < -0.4 is 5.32 Å². The van der Waals surface area contributed by atoms with Crippen molar-refractivity contribution in [1.82, 2.24) is 0 Å². The summed E-state index contributed by atoms with van der Waals surface area (Å²) in [6.45, 7) is 0. The van der Waals surface area contributed by atoms with Crippen molar-refractivity contribution in [2.24, 2.45) is 0 Å². The zero-order valence-corrected chi connectivity index (χ0v) is 8.82. The first-order valence-corrected chi connectivity index (χ1v) is 5.13. The van der Waals surface area contributed by atoms with Crippen LogP contribution in [0.15, 0.2) is 24.3 Å². The van der Waals surface area contributed by atoms with E-state index in [4.69, 9.17) is 0 Å². The Morgan fingerprint density at radius 2 is 1.94 bits per heavy atom. The van der Waals surface area contributed by atoms with E-state index in [1.807, 2.05) is 12.2 Å². The van der Waals surface area contributed by atoms with Crippen LogP contribution in [0.1, 0.15) is 12.8 Å². The zero-order chi connectivity index (χ0) is 12.4. The smallest absolute Gasteiger partial charge is 0.295 e. The topological polar surface area (TPSA) is 55.2 Å². The van der Waals surface area contributed by atoms with Crippen LogP contribution >= 0.6 is 0 Å². The Labute approximate surface area is 96.1 Å². The Morgan fingerprint density at radius 3 is 2.53 bits per heavy atom. The molecule has 1 aliphatic carbocycles. The molecule has 0 saturated heterocycles. The van der Waals surface area contributed by atoms with Gasteiger partial charge in [-0.05, 0) is 18.9 Å². The average molecular weight is 240 g/mol. The molecule has 1 aromatic carbocycles. The van der Waals surface area contributed by atoms with Crippen LogP contribution in [0.4, 0.5) is 20.2 Å². The lowest BCUT2D eigenvalue weighted by Crippen LogP contribution is -2.17. The largest absolute Gasteiger partial charge is 0.374 e. The van der Waals surface area contributed by atoms with Gasteiger partial charge in [-0.1, -0.05) is 12.2 Å². The van der Waals surface area contributed by atoms with Gasteiger partial charge >= 0.3 is 0 Å². The molecule has 1 N–H and O–H groups in total. The van der Waals surface area contributed by atoms with Crippen molar-refractivity contribution in [3.8, 4) is 0 Å². The molecule has 0 radical (unpaired) electrons. The SMILES string of the molecule is O=[N+]([O-])c1ccc(F)c(F)c1NC1CC=CC1. The maximum absolute atomic E-state index is 13.5. The third kappa shape index (κ3) is 2.25. The molecule has 0 amide bonds. The van der Waals surface area contributed by atoms with E-state index < -0.39 is 22.2 Å². The zero-order valence-electron chi connectivity index (χ0n) is 8.82. The summed E-state index contributed by atoms with van der Waals surface area (Å²) in [5.41, 5.74) is -0.820. The molecule has 4 nitrogen and oxygen atoms in total. The minimum Gasteiger partial charge on any atom is -0.374 e. The second-order valence-electron chi connectivity index (χ2n) is 3.80. The monoisotopic (exact) mass is 240 g/mol. The van der Waals surface area contributed by atoms with Crippen molar-refractivity contribution >= 4 is 11.4 Å². The van der Waals surface area contributed by atoms with E-state index in [2.05, 4.69) is 5.32 Å². The maximum Gasteiger partial charge on any atom is 0.295 e. The summed E-state index contributed by atoms with van der Waals surface area (Å²) < 4.78 is 26.6. The van der Waals surface area contributed by atoms with Crippen LogP contribution in [0.3, 0.4) is 0 Å². The molecule has 0 saturated carbocycles. The van der Waals surface area contributed by atoms with Gasteiger partial charge in [-0.3, -0.25) is 10.1 Å². The van der Waals surface area contributed by atoms with Gasteiger partial charge in [0.25, 0.3) is 5.69 Å². The summed E-state index contributed by atoms with van der Waals surface area (Å²) in [5, 5.41) is 13.4. The Balaban J connectivity index is 2.35. The average Bonchev–Trinajstić information content (AvgIpc) is 2.77. The normalized spacial score (nSPS) is 15.2. The second kappa shape index (κ2) is 4.48. The molecular weight excluding hydrogens is 230 g/mol. The molecule has 0 unspecified atom stereocenters. The molecule has 0 bridgehead atoms. The summed E-state index contributed by atoms with van der Waals surface area (Å²) in [4.78, 5) is 9.99. The summed E-state index contributed by atoms with van der Waals surface area (Å²) in [6, 6.07) is 1.60. The summed E-state index contributed by atoms with van der Waals surface area (Å²) in [6.07, 6.45) is 5.07. The first-order valence-electron chi connectivity index (χ1n) is 5.13. The quantitative estimate of drug-likeness (QED) is 0.502. The molecular formula is C11H10F2N2O2. The van der Waals surface area contributed by atoms with Crippen molar-refractivity contribution in [3.63, 3.8) is 0 Å². The molecule has 6 heteroatoms. The molecule has 0 heterocycles. The molecule has 90 valence electrons. The standard InChI is InChI=1S/C11H10F2N2O2/c12-8-5-6-9(15(16)17)11(10(8)13)14-7-3-1-2-4-7/h1-2,5-7,14H,3-4H2. The fraction of sp³-hybridized carbons (Fsp3) is 0.273. The number of rotatable bonds is 3. The molecule has 0 aromatic heterocycles. The minimum atomic E-state index is -1.20. The highest BCUT2D eigenvalue weighted by atomic mass is 19.2. The van der Waals surface area contributed by atoms with Crippen molar-refractivity contribution < 1.29 is 13.7 Å². The van der Waals surface area contributed by atoms with Gasteiger partial charge in [-0.25, -0.2) is 8.78 Å². The van der Waals surface area contributed by atoms with Crippen molar-refractivity contribution in [3.05, 3.63) is 46.0 Å². The van der Waals surface area contributed by atoms with Crippen LogP contribution in [0.2, 0.25) is 0 Å². The van der Waals surface area contributed by atoms with Crippen molar-refractivity contribution in [1.29, 1.82) is 0 Å². The van der Waals surface area contributed by atoms with Gasteiger partial charge < -0.3 is 5.32 Å². The number of nitro benzene ring substituents is 1. The van der Waals surface area contributed by atoms with Gasteiger partial charge in [0, 0.05) is 12.1 Å². The van der Waals surface area contributed by atoms with Gasteiger partial charge in [-0.2, -0.15) is 0 Å². The Morgan fingerprint density at radius 1 is 1.29 bits per heavy atom. The predicted octanol–water partition coefficient (Wildman–Crippen LogP) is 3.00. The van der Waals surface area contributed by atoms with E-state index >= 15 is 0 Å². The van der Waals surface area contributed by atoms with E-state index in [9.17, 15) is 18.9 Å². The highest BCUT2D eigenvalue weighted by molar-refractivity contribution is 5.63. The number of anilines is 1. The molecule has 1 aliphatic rings.